The van der Waals surface area contributed by atoms with Crippen LogP contribution in [0.4, 0.5) is 0 Å². The van der Waals surface area contributed by atoms with Gasteiger partial charge in [0.1, 0.15) is 11.5 Å². The second-order valence-electron chi connectivity index (χ2n) is 4.79. The van der Waals surface area contributed by atoms with Crippen LogP contribution < -0.4 is 9.47 Å². The third kappa shape index (κ3) is 3.50. The molecular formula is C16H19BrN2O4. The highest BCUT2D eigenvalue weighted by molar-refractivity contribution is 9.10. The molecule has 0 bridgehead atoms. The fraction of sp³-hybridized carbons (Fsp3) is 0.375. The average molecular weight is 383 g/mol. The van der Waals surface area contributed by atoms with E-state index in [2.05, 4.69) is 21.0 Å². The summed E-state index contributed by atoms with van der Waals surface area (Å²) in [5, 5.41) is 4.49. The predicted molar refractivity (Wildman–Crippen MR) is 89.3 cm³/mol. The van der Waals surface area contributed by atoms with Crippen LogP contribution in [0, 0.1) is 0 Å². The molecule has 0 N–H and O–H groups in total. The van der Waals surface area contributed by atoms with E-state index in [0.29, 0.717) is 34.6 Å². The zero-order valence-corrected chi connectivity index (χ0v) is 15.1. The molecule has 0 aliphatic heterocycles. The highest BCUT2D eigenvalue weighted by atomic mass is 79.9. The summed E-state index contributed by atoms with van der Waals surface area (Å²) in [4.78, 5) is 12.1. The Hall–Kier alpha value is -2.02. The van der Waals surface area contributed by atoms with Crippen LogP contribution in [-0.2, 0) is 17.7 Å². The fourth-order valence-electron chi connectivity index (χ4n) is 2.27. The van der Waals surface area contributed by atoms with Crippen LogP contribution in [-0.4, -0.2) is 37.1 Å². The lowest BCUT2D eigenvalue weighted by atomic mass is 10.2. The lowest BCUT2D eigenvalue weighted by Crippen LogP contribution is -2.13. The Morgan fingerprint density at radius 1 is 1.26 bits per heavy atom. The second kappa shape index (κ2) is 7.50. The molecule has 0 unspecified atom stereocenters. The van der Waals surface area contributed by atoms with Gasteiger partial charge in [0.25, 0.3) is 0 Å². The summed E-state index contributed by atoms with van der Waals surface area (Å²) in [7, 11) is 4.55. The third-order valence-corrected chi connectivity index (χ3v) is 4.32. The molecule has 0 fully saturated rings. The lowest BCUT2D eigenvalue weighted by Gasteiger charge is -2.12. The molecule has 0 atom stereocenters. The van der Waals surface area contributed by atoms with Gasteiger partial charge in [0.05, 0.1) is 38.0 Å². The van der Waals surface area contributed by atoms with Gasteiger partial charge in [-0.1, -0.05) is 6.92 Å². The third-order valence-electron chi connectivity index (χ3n) is 3.49. The van der Waals surface area contributed by atoms with E-state index in [1.807, 2.05) is 19.1 Å². The number of benzene rings is 1. The highest BCUT2D eigenvalue weighted by Gasteiger charge is 2.22. The molecule has 0 spiro atoms. The minimum Gasteiger partial charge on any atom is -0.497 e. The van der Waals surface area contributed by atoms with Crippen LogP contribution in [0.5, 0.6) is 11.5 Å². The number of aromatic nitrogens is 2. The molecule has 1 aromatic heterocycles. The maximum Gasteiger partial charge on any atom is 0.357 e. The fourth-order valence-corrected chi connectivity index (χ4v) is 2.99. The van der Waals surface area contributed by atoms with Gasteiger partial charge in [-0.05, 0) is 34.5 Å². The number of carbonyl (C=O) groups is 1. The van der Waals surface area contributed by atoms with Crippen LogP contribution in [0.25, 0.3) is 0 Å². The molecule has 0 aliphatic rings. The Labute approximate surface area is 143 Å². The molecule has 124 valence electrons. The predicted octanol–water partition coefficient (Wildman–Crippen LogP) is 3.06. The van der Waals surface area contributed by atoms with E-state index < -0.39 is 5.97 Å². The van der Waals surface area contributed by atoms with Crippen molar-refractivity contribution in [2.45, 2.75) is 19.9 Å². The van der Waals surface area contributed by atoms with Crippen LogP contribution in [0.2, 0.25) is 0 Å². The smallest absolute Gasteiger partial charge is 0.357 e. The standard InChI is InChI=1S/C16H19BrN2O4/c1-5-12-14(17)15(16(20)23-4)19(18-12)9-10-6-7-11(21-2)8-13(10)22-3/h6-8H,5,9H2,1-4H3. The van der Waals surface area contributed by atoms with E-state index in [4.69, 9.17) is 14.2 Å². The van der Waals surface area contributed by atoms with Gasteiger partial charge in [-0.3, -0.25) is 4.68 Å². The number of halogens is 1. The minimum atomic E-state index is -0.434. The summed E-state index contributed by atoms with van der Waals surface area (Å²) < 4.78 is 17.8. The van der Waals surface area contributed by atoms with E-state index in [1.165, 1.54) is 7.11 Å². The second-order valence-corrected chi connectivity index (χ2v) is 5.58. The van der Waals surface area contributed by atoms with Crippen molar-refractivity contribution in [3.63, 3.8) is 0 Å². The molecular weight excluding hydrogens is 364 g/mol. The largest absolute Gasteiger partial charge is 0.497 e. The van der Waals surface area contributed by atoms with Crippen molar-refractivity contribution in [2.75, 3.05) is 21.3 Å². The monoisotopic (exact) mass is 382 g/mol. The molecule has 0 amide bonds. The van der Waals surface area contributed by atoms with E-state index in [9.17, 15) is 4.79 Å². The molecule has 1 aromatic carbocycles. The molecule has 23 heavy (non-hydrogen) atoms. The van der Waals surface area contributed by atoms with Gasteiger partial charge in [-0.2, -0.15) is 5.10 Å². The summed E-state index contributed by atoms with van der Waals surface area (Å²) in [5.74, 6) is 0.941. The average Bonchev–Trinajstić information content (AvgIpc) is 2.89. The Morgan fingerprint density at radius 2 is 2.00 bits per heavy atom. The molecule has 1 heterocycles. The number of ether oxygens (including phenoxy) is 3. The summed E-state index contributed by atoms with van der Waals surface area (Å²) in [6.07, 6.45) is 0.706. The van der Waals surface area contributed by atoms with Crippen molar-refractivity contribution in [3.05, 3.63) is 39.6 Å². The highest BCUT2D eigenvalue weighted by Crippen LogP contribution is 2.28. The topological polar surface area (TPSA) is 62.6 Å². The summed E-state index contributed by atoms with van der Waals surface area (Å²) in [6.45, 7) is 2.36. The van der Waals surface area contributed by atoms with Gasteiger partial charge in [0, 0.05) is 11.6 Å². The lowest BCUT2D eigenvalue weighted by molar-refractivity contribution is 0.0586. The number of aryl methyl sites for hydroxylation is 1. The number of carbonyl (C=O) groups excluding carboxylic acids is 1. The van der Waals surface area contributed by atoms with Gasteiger partial charge in [-0.25, -0.2) is 4.79 Å². The summed E-state index contributed by atoms with van der Waals surface area (Å²) in [6, 6.07) is 5.53. The zero-order chi connectivity index (χ0) is 17.0. The first-order valence-corrected chi connectivity index (χ1v) is 7.89. The Kier molecular flexibility index (Phi) is 5.65. The van der Waals surface area contributed by atoms with Crippen molar-refractivity contribution < 1.29 is 19.0 Å². The van der Waals surface area contributed by atoms with Crippen molar-refractivity contribution in [1.82, 2.24) is 9.78 Å². The Morgan fingerprint density at radius 3 is 2.57 bits per heavy atom. The normalized spacial score (nSPS) is 10.5. The van der Waals surface area contributed by atoms with E-state index in [0.717, 1.165) is 11.3 Å². The first-order valence-electron chi connectivity index (χ1n) is 7.10. The van der Waals surface area contributed by atoms with Crippen LogP contribution in [0.1, 0.15) is 28.7 Å². The Balaban J connectivity index is 2.46. The van der Waals surface area contributed by atoms with Gasteiger partial charge >= 0.3 is 5.97 Å². The minimum absolute atomic E-state index is 0.385. The van der Waals surface area contributed by atoms with Crippen LogP contribution >= 0.6 is 15.9 Å². The summed E-state index contributed by atoms with van der Waals surface area (Å²) >= 11 is 3.44. The van der Waals surface area contributed by atoms with Crippen LogP contribution in [0.3, 0.4) is 0 Å². The van der Waals surface area contributed by atoms with Crippen LogP contribution in [0.15, 0.2) is 22.7 Å². The maximum absolute atomic E-state index is 12.1. The van der Waals surface area contributed by atoms with Gasteiger partial charge in [0.2, 0.25) is 0 Å². The van der Waals surface area contributed by atoms with Gasteiger partial charge in [-0.15, -0.1) is 0 Å². The van der Waals surface area contributed by atoms with Crippen molar-refractivity contribution in [2.24, 2.45) is 0 Å². The molecule has 6 nitrogen and oxygen atoms in total. The number of esters is 1. The summed E-state index contributed by atoms with van der Waals surface area (Å²) in [5.41, 5.74) is 2.08. The molecule has 0 saturated carbocycles. The molecule has 0 aliphatic carbocycles. The zero-order valence-electron chi connectivity index (χ0n) is 13.6. The molecule has 2 rings (SSSR count). The number of nitrogens with zero attached hydrogens (tertiary/aromatic N) is 2. The van der Waals surface area contributed by atoms with E-state index >= 15 is 0 Å². The van der Waals surface area contributed by atoms with E-state index in [-0.39, 0.29) is 0 Å². The number of hydrogen-bond donors (Lipinski definition) is 0. The quantitative estimate of drug-likeness (QED) is 0.718. The van der Waals surface area contributed by atoms with E-state index in [1.54, 1.807) is 25.0 Å². The number of hydrogen-bond acceptors (Lipinski definition) is 5. The van der Waals surface area contributed by atoms with Gasteiger partial charge in [0.15, 0.2) is 5.69 Å². The van der Waals surface area contributed by atoms with Crippen molar-refractivity contribution >= 4 is 21.9 Å². The SMILES string of the molecule is CCc1nn(Cc2ccc(OC)cc2OC)c(C(=O)OC)c1Br. The maximum atomic E-state index is 12.1. The molecule has 0 saturated heterocycles. The van der Waals surface area contributed by atoms with Crippen molar-refractivity contribution in [1.29, 1.82) is 0 Å². The molecule has 2 aromatic rings. The Bertz CT molecular complexity index is 712. The molecule has 0 radical (unpaired) electrons. The first kappa shape index (κ1) is 17.3. The molecule has 7 heteroatoms. The first-order chi connectivity index (χ1) is 11.0. The van der Waals surface area contributed by atoms with Gasteiger partial charge < -0.3 is 14.2 Å². The number of methoxy groups -OCH3 is 3. The van der Waals surface area contributed by atoms with Crippen molar-refractivity contribution in [3.8, 4) is 11.5 Å². The number of rotatable bonds is 6.